The van der Waals surface area contributed by atoms with Crippen LogP contribution in [0.1, 0.15) is 6.42 Å². The van der Waals surface area contributed by atoms with Crippen LogP contribution in [0.3, 0.4) is 0 Å². The highest BCUT2D eigenvalue weighted by molar-refractivity contribution is 6.30. The van der Waals surface area contributed by atoms with E-state index in [1.54, 1.807) is 0 Å². The number of anilines is 1. The van der Waals surface area contributed by atoms with Crippen molar-refractivity contribution in [2.24, 2.45) is 0 Å². The summed E-state index contributed by atoms with van der Waals surface area (Å²) in [6.07, 6.45) is 0.672. The van der Waals surface area contributed by atoms with E-state index in [1.807, 2.05) is 24.3 Å². The van der Waals surface area contributed by atoms with Crippen molar-refractivity contribution >= 4 is 17.3 Å². The van der Waals surface area contributed by atoms with Gasteiger partial charge < -0.3 is 10.0 Å². The highest BCUT2D eigenvalue weighted by Crippen LogP contribution is 2.23. The number of nitrogens with zero attached hydrogens (tertiary/aromatic N) is 1. The molecule has 0 amide bonds. The molecule has 1 heterocycles. The number of aliphatic hydroxyl groups excluding tert-OH is 1. The molecule has 1 atom stereocenters. The molecule has 1 fully saturated rings. The molecule has 3 heteroatoms. The average Bonchev–Trinajstić information content (AvgIpc) is 2.52. The summed E-state index contributed by atoms with van der Waals surface area (Å²) in [6.45, 7) is 1.64. The lowest BCUT2D eigenvalue weighted by Gasteiger charge is -2.17. The van der Waals surface area contributed by atoms with Crippen LogP contribution in [-0.2, 0) is 0 Å². The summed E-state index contributed by atoms with van der Waals surface area (Å²) < 4.78 is 0. The van der Waals surface area contributed by atoms with Gasteiger partial charge in [-0.05, 0) is 24.6 Å². The van der Waals surface area contributed by atoms with Gasteiger partial charge in [-0.2, -0.15) is 0 Å². The van der Waals surface area contributed by atoms with Crippen molar-refractivity contribution in [3.63, 3.8) is 0 Å². The fraction of sp³-hybridized carbons (Fsp3) is 0.400. The maximum atomic E-state index is 9.36. The third-order valence-electron chi connectivity index (χ3n) is 2.34. The Kier molecular flexibility index (Phi) is 2.42. The fourth-order valence-corrected chi connectivity index (χ4v) is 1.83. The van der Waals surface area contributed by atoms with E-state index in [9.17, 15) is 5.11 Å². The van der Waals surface area contributed by atoms with Crippen LogP contribution in [0.5, 0.6) is 0 Å². The first kappa shape index (κ1) is 8.85. The van der Waals surface area contributed by atoms with Gasteiger partial charge in [0.05, 0.1) is 6.10 Å². The van der Waals surface area contributed by atoms with Crippen molar-refractivity contribution in [3.05, 3.63) is 29.3 Å². The molecule has 0 aliphatic carbocycles. The maximum absolute atomic E-state index is 9.36. The summed E-state index contributed by atoms with van der Waals surface area (Å²) in [5.41, 5.74) is 1.10. The van der Waals surface area contributed by atoms with E-state index in [4.69, 9.17) is 11.6 Å². The molecule has 0 spiro atoms. The first-order chi connectivity index (χ1) is 6.25. The standard InChI is InChI=1S/C10H12ClNO/c11-8-2-1-3-9(6-8)12-5-4-10(13)7-12/h1-3,6,10,13H,4-5,7H2/t10-/m1/s1. The molecule has 0 radical (unpaired) electrons. The third-order valence-corrected chi connectivity index (χ3v) is 2.57. The van der Waals surface area contributed by atoms with Crippen LogP contribution in [0.25, 0.3) is 0 Å². The van der Waals surface area contributed by atoms with E-state index in [0.717, 1.165) is 30.2 Å². The summed E-state index contributed by atoms with van der Waals surface area (Å²) in [5.74, 6) is 0. The quantitative estimate of drug-likeness (QED) is 0.744. The molecule has 1 aliphatic heterocycles. The van der Waals surface area contributed by atoms with Gasteiger partial charge in [0.2, 0.25) is 0 Å². The zero-order valence-electron chi connectivity index (χ0n) is 7.28. The zero-order valence-corrected chi connectivity index (χ0v) is 8.04. The predicted octanol–water partition coefficient (Wildman–Crippen LogP) is 1.91. The molecule has 0 bridgehead atoms. The van der Waals surface area contributed by atoms with E-state index in [1.165, 1.54) is 0 Å². The highest BCUT2D eigenvalue weighted by Gasteiger charge is 2.20. The summed E-state index contributed by atoms with van der Waals surface area (Å²) in [4.78, 5) is 2.15. The lowest BCUT2D eigenvalue weighted by molar-refractivity contribution is 0.198. The van der Waals surface area contributed by atoms with Crippen molar-refractivity contribution in [2.75, 3.05) is 18.0 Å². The van der Waals surface area contributed by atoms with Gasteiger partial charge in [0.1, 0.15) is 0 Å². The van der Waals surface area contributed by atoms with Gasteiger partial charge in [0.15, 0.2) is 0 Å². The maximum Gasteiger partial charge on any atom is 0.0731 e. The third kappa shape index (κ3) is 1.95. The minimum Gasteiger partial charge on any atom is -0.391 e. The Balaban J connectivity index is 2.16. The van der Waals surface area contributed by atoms with Gasteiger partial charge in [0, 0.05) is 23.8 Å². The van der Waals surface area contributed by atoms with Gasteiger partial charge in [-0.1, -0.05) is 17.7 Å². The number of benzene rings is 1. The molecule has 1 aromatic carbocycles. The van der Waals surface area contributed by atoms with Gasteiger partial charge >= 0.3 is 0 Å². The average molecular weight is 198 g/mol. The Hall–Kier alpha value is -0.730. The number of hydrogen-bond acceptors (Lipinski definition) is 2. The minimum absolute atomic E-state index is 0.181. The Morgan fingerprint density at radius 3 is 2.92 bits per heavy atom. The molecule has 70 valence electrons. The van der Waals surface area contributed by atoms with Crippen molar-refractivity contribution in [1.82, 2.24) is 0 Å². The molecule has 1 aliphatic rings. The van der Waals surface area contributed by atoms with E-state index in [2.05, 4.69) is 4.90 Å². The smallest absolute Gasteiger partial charge is 0.0731 e. The lowest BCUT2D eigenvalue weighted by Crippen LogP contribution is -2.20. The summed E-state index contributed by atoms with van der Waals surface area (Å²) >= 11 is 5.87. The summed E-state index contributed by atoms with van der Waals surface area (Å²) in [6, 6.07) is 7.74. The van der Waals surface area contributed by atoms with Crippen molar-refractivity contribution in [2.45, 2.75) is 12.5 Å². The van der Waals surface area contributed by atoms with E-state index < -0.39 is 0 Å². The molecular formula is C10H12ClNO. The fourth-order valence-electron chi connectivity index (χ4n) is 1.65. The number of rotatable bonds is 1. The number of aliphatic hydroxyl groups is 1. The van der Waals surface area contributed by atoms with Crippen LogP contribution < -0.4 is 4.90 Å². The lowest BCUT2D eigenvalue weighted by atomic mass is 10.3. The Morgan fingerprint density at radius 1 is 1.46 bits per heavy atom. The topological polar surface area (TPSA) is 23.5 Å². The molecule has 1 saturated heterocycles. The summed E-state index contributed by atoms with van der Waals surface area (Å²) in [7, 11) is 0. The van der Waals surface area contributed by atoms with Crippen LogP contribution in [0.2, 0.25) is 5.02 Å². The van der Waals surface area contributed by atoms with E-state index >= 15 is 0 Å². The van der Waals surface area contributed by atoms with Gasteiger partial charge in [-0.15, -0.1) is 0 Å². The molecule has 2 rings (SSSR count). The second-order valence-corrected chi connectivity index (χ2v) is 3.80. The van der Waals surface area contributed by atoms with Crippen LogP contribution in [-0.4, -0.2) is 24.3 Å². The highest BCUT2D eigenvalue weighted by atomic mass is 35.5. The molecule has 13 heavy (non-hydrogen) atoms. The molecular weight excluding hydrogens is 186 g/mol. The largest absolute Gasteiger partial charge is 0.391 e. The zero-order chi connectivity index (χ0) is 9.26. The molecule has 1 N–H and O–H groups in total. The van der Waals surface area contributed by atoms with Gasteiger partial charge in [0.25, 0.3) is 0 Å². The Bertz CT molecular complexity index is 303. The number of halogens is 1. The second kappa shape index (κ2) is 3.56. The van der Waals surface area contributed by atoms with Gasteiger partial charge in [-0.3, -0.25) is 0 Å². The van der Waals surface area contributed by atoms with Crippen LogP contribution >= 0.6 is 11.6 Å². The molecule has 0 aromatic heterocycles. The summed E-state index contributed by atoms with van der Waals surface area (Å²) in [5, 5.41) is 10.1. The Labute approximate surface area is 82.7 Å². The van der Waals surface area contributed by atoms with Crippen LogP contribution in [0.4, 0.5) is 5.69 Å². The van der Waals surface area contributed by atoms with Crippen molar-refractivity contribution in [3.8, 4) is 0 Å². The normalized spacial score (nSPS) is 22.3. The van der Waals surface area contributed by atoms with E-state index in [-0.39, 0.29) is 6.10 Å². The minimum atomic E-state index is -0.181. The number of β-amino-alcohol motifs (C(OH)–C–C–N with tert-alkyl or cyclic N) is 1. The number of hydrogen-bond donors (Lipinski definition) is 1. The SMILES string of the molecule is O[C@@H]1CCN(c2cccc(Cl)c2)C1. The molecule has 1 aromatic rings. The van der Waals surface area contributed by atoms with E-state index in [0.29, 0.717) is 0 Å². The second-order valence-electron chi connectivity index (χ2n) is 3.37. The predicted molar refractivity (Wildman–Crippen MR) is 54.3 cm³/mol. The first-order valence-corrected chi connectivity index (χ1v) is 4.82. The van der Waals surface area contributed by atoms with Crippen molar-refractivity contribution in [1.29, 1.82) is 0 Å². The monoisotopic (exact) mass is 197 g/mol. The molecule has 0 unspecified atom stereocenters. The Morgan fingerprint density at radius 2 is 2.31 bits per heavy atom. The van der Waals surface area contributed by atoms with Crippen molar-refractivity contribution < 1.29 is 5.11 Å². The first-order valence-electron chi connectivity index (χ1n) is 4.44. The van der Waals surface area contributed by atoms with Crippen LogP contribution in [0.15, 0.2) is 24.3 Å². The van der Waals surface area contributed by atoms with Crippen LogP contribution in [0, 0.1) is 0 Å². The molecule has 2 nitrogen and oxygen atoms in total. The molecule has 0 saturated carbocycles. The van der Waals surface area contributed by atoms with Gasteiger partial charge in [-0.25, -0.2) is 0 Å².